The molecule has 3 N–H and O–H groups in total. The topological polar surface area (TPSA) is 119 Å². The summed E-state index contributed by atoms with van der Waals surface area (Å²) in [5.74, 6) is 7.13. The van der Waals surface area contributed by atoms with Crippen molar-refractivity contribution in [1.29, 1.82) is 5.26 Å². The highest BCUT2D eigenvalue weighted by Gasteiger charge is 2.20. The van der Waals surface area contributed by atoms with Crippen molar-refractivity contribution in [2.24, 2.45) is 0 Å². The Morgan fingerprint density at radius 2 is 2.00 bits per heavy atom. The minimum atomic E-state index is -0.499. The predicted molar refractivity (Wildman–Crippen MR) is 112 cm³/mol. The number of hydrogen-bond acceptors (Lipinski definition) is 7. The number of nitriles is 1. The van der Waals surface area contributed by atoms with Gasteiger partial charge in [0, 0.05) is 5.56 Å². The zero-order valence-electron chi connectivity index (χ0n) is 16.0. The molecule has 0 spiro atoms. The Morgan fingerprint density at radius 3 is 2.69 bits per heavy atom. The number of nitrogens with zero attached hydrogens (tertiary/aromatic N) is 4. The monoisotopic (exact) mass is 408 g/mol. The first-order chi connectivity index (χ1) is 14.0. The molecule has 0 radical (unpaired) electrons. The van der Waals surface area contributed by atoms with Gasteiger partial charge in [-0.3, -0.25) is 4.79 Å². The Morgan fingerprint density at radius 1 is 1.28 bits per heavy atom. The molecule has 1 atom stereocenters. The molecule has 148 valence electrons. The van der Waals surface area contributed by atoms with Gasteiger partial charge in [0.25, 0.3) is 0 Å². The molecule has 1 amide bonds. The van der Waals surface area contributed by atoms with Crippen LogP contribution in [0.25, 0.3) is 11.4 Å². The Balaban J connectivity index is 1.70. The summed E-state index contributed by atoms with van der Waals surface area (Å²) in [4.78, 5) is 12.5. The molecule has 2 aromatic carbocycles. The van der Waals surface area contributed by atoms with Gasteiger partial charge in [0.15, 0.2) is 5.82 Å². The number of carbonyl (C=O) groups excluding carboxylic acids is 1. The molecule has 8 nitrogen and oxygen atoms in total. The van der Waals surface area contributed by atoms with Crippen LogP contribution in [-0.4, -0.2) is 32.6 Å². The molecule has 0 fully saturated rings. The van der Waals surface area contributed by atoms with Crippen LogP contribution in [0.4, 0.5) is 5.69 Å². The third kappa shape index (κ3) is 4.67. The molecule has 29 heavy (non-hydrogen) atoms. The first-order valence-electron chi connectivity index (χ1n) is 8.93. The van der Waals surface area contributed by atoms with Gasteiger partial charge in [0.2, 0.25) is 11.1 Å². The van der Waals surface area contributed by atoms with Crippen molar-refractivity contribution in [1.82, 2.24) is 14.9 Å². The normalized spacial score (nSPS) is 11.5. The van der Waals surface area contributed by atoms with Crippen molar-refractivity contribution < 1.29 is 9.53 Å². The van der Waals surface area contributed by atoms with Crippen LogP contribution in [-0.2, 0) is 4.79 Å². The third-order valence-electron chi connectivity index (χ3n) is 4.04. The lowest BCUT2D eigenvalue weighted by molar-refractivity contribution is -0.115. The second-order valence-corrected chi connectivity index (χ2v) is 7.35. The fourth-order valence-corrected chi connectivity index (χ4v) is 3.33. The van der Waals surface area contributed by atoms with Crippen molar-refractivity contribution in [3.8, 4) is 23.2 Å². The van der Waals surface area contributed by atoms with Gasteiger partial charge < -0.3 is 15.9 Å². The lowest BCUT2D eigenvalue weighted by Crippen LogP contribution is -2.24. The summed E-state index contributed by atoms with van der Waals surface area (Å²) < 4.78 is 6.79. The number of carbonyl (C=O) groups is 1. The molecule has 3 aromatic rings. The van der Waals surface area contributed by atoms with E-state index in [1.807, 2.05) is 31.2 Å². The zero-order chi connectivity index (χ0) is 20.8. The fourth-order valence-electron chi connectivity index (χ4n) is 2.56. The lowest BCUT2D eigenvalue weighted by atomic mass is 10.2. The van der Waals surface area contributed by atoms with Gasteiger partial charge in [-0.1, -0.05) is 23.9 Å². The summed E-state index contributed by atoms with van der Waals surface area (Å²) >= 11 is 1.18. The van der Waals surface area contributed by atoms with Gasteiger partial charge in [0.05, 0.1) is 23.1 Å². The van der Waals surface area contributed by atoms with Gasteiger partial charge in [-0.15, -0.1) is 10.2 Å². The molecular weight excluding hydrogens is 388 g/mol. The SMILES string of the molecule is CCOc1ccc(-c2nnc(S[C@H](C)C(=O)Nc3ccccc3C#N)n2N)cc1. The highest BCUT2D eigenvalue weighted by Crippen LogP contribution is 2.27. The van der Waals surface area contributed by atoms with Crippen molar-refractivity contribution in [3.05, 3.63) is 54.1 Å². The van der Waals surface area contributed by atoms with Crippen LogP contribution in [0, 0.1) is 11.3 Å². The number of thioether (sulfide) groups is 1. The van der Waals surface area contributed by atoms with E-state index in [0.717, 1.165) is 11.3 Å². The van der Waals surface area contributed by atoms with Gasteiger partial charge in [-0.25, -0.2) is 4.68 Å². The fraction of sp³-hybridized carbons (Fsp3) is 0.200. The number of ether oxygens (including phenoxy) is 1. The second-order valence-electron chi connectivity index (χ2n) is 6.04. The number of nitrogens with two attached hydrogens (primary N) is 1. The van der Waals surface area contributed by atoms with E-state index < -0.39 is 5.25 Å². The van der Waals surface area contributed by atoms with E-state index in [-0.39, 0.29) is 5.91 Å². The number of amides is 1. The quantitative estimate of drug-likeness (QED) is 0.455. The van der Waals surface area contributed by atoms with Crippen LogP contribution in [0.2, 0.25) is 0 Å². The van der Waals surface area contributed by atoms with Gasteiger partial charge in [-0.2, -0.15) is 5.26 Å². The van der Waals surface area contributed by atoms with Gasteiger partial charge in [0.1, 0.15) is 11.8 Å². The molecule has 9 heteroatoms. The van der Waals surface area contributed by atoms with E-state index in [1.54, 1.807) is 31.2 Å². The maximum Gasteiger partial charge on any atom is 0.237 e. The minimum absolute atomic E-state index is 0.261. The third-order valence-corrected chi connectivity index (χ3v) is 5.10. The molecule has 1 heterocycles. The van der Waals surface area contributed by atoms with Crippen LogP contribution in [0.1, 0.15) is 19.4 Å². The number of para-hydroxylation sites is 1. The summed E-state index contributed by atoms with van der Waals surface area (Å²) in [5, 5.41) is 20.1. The molecule has 0 saturated heterocycles. The molecular formula is C20H20N6O2S. The Labute approximate surface area is 172 Å². The van der Waals surface area contributed by atoms with E-state index in [1.165, 1.54) is 16.4 Å². The summed E-state index contributed by atoms with van der Waals surface area (Å²) in [6.45, 7) is 4.25. The summed E-state index contributed by atoms with van der Waals surface area (Å²) in [5.41, 5.74) is 1.66. The number of benzene rings is 2. The van der Waals surface area contributed by atoms with E-state index in [0.29, 0.717) is 28.8 Å². The Bertz CT molecular complexity index is 1040. The van der Waals surface area contributed by atoms with Gasteiger partial charge in [-0.05, 0) is 50.2 Å². The first-order valence-corrected chi connectivity index (χ1v) is 9.81. The second kappa shape index (κ2) is 9.12. The standard InChI is InChI=1S/C20H20N6O2S/c1-3-28-16-10-8-14(9-11-16)18-24-25-20(26(18)22)29-13(2)19(27)23-17-7-5-4-6-15(17)12-21/h4-11,13H,3,22H2,1-2H3,(H,23,27)/t13-/m1/s1. The minimum Gasteiger partial charge on any atom is -0.494 e. The largest absolute Gasteiger partial charge is 0.494 e. The van der Waals surface area contributed by atoms with Crippen LogP contribution >= 0.6 is 11.8 Å². The molecule has 0 aliphatic carbocycles. The predicted octanol–water partition coefficient (Wildman–Crippen LogP) is 3.05. The number of hydrogen-bond donors (Lipinski definition) is 2. The van der Waals surface area contributed by atoms with Crippen molar-refractivity contribution in [2.45, 2.75) is 24.3 Å². The first kappa shape index (κ1) is 20.2. The van der Waals surface area contributed by atoms with Crippen LogP contribution in [0.3, 0.4) is 0 Å². The van der Waals surface area contributed by atoms with Crippen LogP contribution in [0.15, 0.2) is 53.7 Å². The highest BCUT2D eigenvalue weighted by atomic mass is 32.2. The van der Waals surface area contributed by atoms with Crippen LogP contribution < -0.4 is 15.9 Å². The maximum atomic E-state index is 12.5. The van der Waals surface area contributed by atoms with E-state index in [4.69, 9.17) is 15.8 Å². The number of rotatable bonds is 7. The smallest absolute Gasteiger partial charge is 0.237 e. The Kier molecular flexibility index (Phi) is 6.36. The molecule has 0 aliphatic heterocycles. The lowest BCUT2D eigenvalue weighted by Gasteiger charge is -2.12. The Hall–Kier alpha value is -3.51. The summed E-state index contributed by atoms with van der Waals surface area (Å²) in [6, 6.07) is 16.3. The molecule has 0 bridgehead atoms. The highest BCUT2D eigenvalue weighted by molar-refractivity contribution is 8.00. The van der Waals surface area contributed by atoms with Gasteiger partial charge >= 0.3 is 0 Å². The number of anilines is 1. The van der Waals surface area contributed by atoms with E-state index in [2.05, 4.69) is 21.6 Å². The number of aromatic nitrogens is 3. The van der Waals surface area contributed by atoms with E-state index >= 15 is 0 Å². The molecule has 3 rings (SSSR count). The molecule has 0 aliphatic rings. The van der Waals surface area contributed by atoms with E-state index in [9.17, 15) is 4.79 Å². The number of nitrogens with one attached hydrogen (secondary N) is 1. The molecule has 1 aromatic heterocycles. The van der Waals surface area contributed by atoms with Crippen molar-refractivity contribution in [2.75, 3.05) is 17.8 Å². The van der Waals surface area contributed by atoms with Crippen molar-refractivity contribution in [3.63, 3.8) is 0 Å². The average Bonchev–Trinajstić information content (AvgIpc) is 3.09. The summed E-state index contributed by atoms with van der Waals surface area (Å²) in [6.07, 6.45) is 0. The zero-order valence-corrected chi connectivity index (χ0v) is 16.8. The molecule has 0 unspecified atom stereocenters. The number of nitrogen functional groups attached to an aromatic ring is 1. The maximum absolute atomic E-state index is 12.5. The summed E-state index contributed by atoms with van der Waals surface area (Å²) in [7, 11) is 0. The van der Waals surface area contributed by atoms with Crippen molar-refractivity contribution >= 4 is 23.4 Å². The molecule has 0 saturated carbocycles. The average molecular weight is 408 g/mol. The van der Waals surface area contributed by atoms with Crippen LogP contribution in [0.5, 0.6) is 5.75 Å².